The lowest BCUT2D eigenvalue weighted by atomic mass is 10.1. The lowest BCUT2D eigenvalue weighted by Gasteiger charge is -2.08. The van der Waals surface area contributed by atoms with Crippen LogP contribution in [0.25, 0.3) is 32.7 Å². The first kappa shape index (κ1) is 15.8. The molecule has 0 aliphatic heterocycles. The van der Waals surface area contributed by atoms with Crippen LogP contribution < -0.4 is 10.3 Å². The molecule has 0 radical (unpaired) electrons. The third-order valence-electron chi connectivity index (χ3n) is 4.70. The van der Waals surface area contributed by atoms with Crippen molar-refractivity contribution < 1.29 is 9.15 Å². The van der Waals surface area contributed by atoms with Crippen molar-refractivity contribution in [3.63, 3.8) is 0 Å². The quantitative estimate of drug-likeness (QED) is 0.467. The maximum Gasteiger partial charge on any atom is 0.284 e. The molecule has 2 aromatic carbocycles. The summed E-state index contributed by atoms with van der Waals surface area (Å²) in [7, 11) is 1.63. The van der Waals surface area contributed by atoms with Crippen LogP contribution in [0.2, 0.25) is 0 Å². The molecule has 0 unspecified atom stereocenters. The summed E-state index contributed by atoms with van der Waals surface area (Å²) in [4.78, 5) is 16.7. The molecule has 27 heavy (non-hydrogen) atoms. The molecule has 0 saturated carbocycles. The summed E-state index contributed by atoms with van der Waals surface area (Å²) >= 11 is 4.94. The zero-order chi connectivity index (χ0) is 18.5. The Morgan fingerprint density at radius 1 is 1.19 bits per heavy atom. The molecule has 0 aliphatic carbocycles. The second-order valence-electron chi connectivity index (χ2n) is 6.20. The van der Waals surface area contributed by atoms with E-state index in [2.05, 4.69) is 15.2 Å². The fourth-order valence-corrected chi connectivity index (χ4v) is 3.65. The second-order valence-corrected chi connectivity index (χ2v) is 6.57. The number of aromatic amines is 2. The molecular weight excluding hydrogens is 364 g/mol. The molecule has 134 valence electrons. The van der Waals surface area contributed by atoms with E-state index in [1.165, 1.54) is 0 Å². The first-order valence-electron chi connectivity index (χ1n) is 8.31. The molecule has 0 aliphatic rings. The van der Waals surface area contributed by atoms with Crippen molar-refractivity contribution in [3.05, 3.63) is 63.5 Å². The van der Waals surface area contributed by atoms with E-state index in [9.17, 15) is 4.79 Å². The molecule has 0 spiro atoms. The van der Waals surface area contributed by atoms with E-state index in [1.807, 2.05) is 42.5 Å². The summed E-state index contributed by atoms with van der Waals surface area (Å²) in [5.41, 5.74) is 1.49. The van der Waals surface area contributed by atoms with Crippen molar-refractivity contribution in [1.29, 1.82) is 0 Å². The standard InChI is InChI=1S/C19H14N4O3S/c1-25-10-6-7-14-13(8-10)16-11-4-2-3-5-12(11)18(24)23(17(16)20-14)9-15-21-22-19(27)26-15/h2-8,20H,9H2,1H3,(H,22,27). The van der Waals surface area contributed by atoms with E-state index in [1.54, 1.807) is 11.7 Å². The lowest BCUT2D eigenvalue weighted by Crippen LogP contribution is -2.21. The van der Waals surface area contributed by atoms with E-state index in [4.69, 9.17) is 21.4 Å². The average molecular weight is 378 g/mol. The van der Waals surface area contributed by atoms with Gasteiger partial charge in [-0.2, -0.15) is 0 Å². The highest BCUT2D eigenvalue weighted by Gasteiger charge is 2.17. The number of hydrogen-bond acceptors (Lipinski definition) is 5. The van der Waals surface area contributed by atoms with Gasteiger partial charge in [0, 0.05) is 21.7 Å². The molecule has 0 saturated heterocycles. The van der Waals surface area contributed by atoms with E-state index in [0.29, 0.717) is 16.9 Å². The van der Waals surface area contributed by atoms with Crippen molar-refractivity contribution >= 4 is 44.9 Å². The number of nitrogens with zero attached hydrogens (tertiary/aromatic N) is 2. The number of ether oxygens (including phenoxy) is 1. The van der Waals surface area contributed by atoms with Crippen molar-refractivity contribution in [2.45, 2.75) is 6.54 Å². The Kier molecular flexibility index (Phi) is 3.41. The van der Waals surface area contributed by atoms with Crippen LogP contribution in [0.5, 0.6) is 5.75 Å². The van der Waals surface area contributed by atoms with Gasteiger partial charge in [0.05, 0.1) is 7.11 Å². The number of H-pyrrole nitrogens is 2. The molecule has 0 amide bonds. The first-order chi connectivity index (χ1) is 13.2. The van der Waals surface area contributed by atoms with E-state index in [0.717, 1.165) is 27.4 Å². The fraction of sp³-hybridized carbons (Fsp3) is 0.105. The minimum Gasteiger partial charge on any atom is -0.497 e. The maximum absolute atomic E-state index is 13.2. The minimum atomic E-state index is -0.124. The monoisotopic (exact) mass is 378 g/mol. The van der Waals surface area contributed by atoms with Gasteiger partial charge in [0.2, 0.25) is 5.89 Å². The summed E-state index contributed by atoms with van der Waals surface area (Å²) < 4.78 is 12.4. The Morgan fingerprint density at radius 2 is 2.00 bits per heavy atom. The molecule has 5 rings (SSSR count). The topological polar surface area (TPSA) is 88.8 Å². The van der Waals surface area contributed by atoms with Crippen LogP contribution in [0.3, 0.4) is 0 Å². The van der Waals surface area contributed by atoms with Crippen molar-refractivity contribution in [2.75, 3.05) is 7.11 Å². The zero-order valence-electron chi connectivity index (χ0n) is 14.3. The summed E-state index contributed by atoms with van der Waals surface area (Å²) in [6.45, 7) is 0.164. The van der Waals surface area contributed by atoms with Gasteiger partial charge in [-0.05, 0) is 41.9 Å². The van der Waals surface area contributed by atoms with Crippen LogP contribution >= 0.6 is 12.2 Å². The van der Waals surface area contributed by atoms with Gasteiger partial charge < -0.3 is 14.1 Å². The van der Waals surface area contributed by atoms with Gasteiger partial charge in [0.25, 0.3) is 10.4 Å². The Morgan fingerprint density at radius 3 is 2.74 bits per heavy atom. The number of fused-ring (bicyclic) bond motifs is 5. The smallest absolute Gasteiger partial charge is 0.284 e. The maximum atomic E-state index is 13.2. The predicted molar refractivity (Wildman–Crippen MR) is 105 cm³/mol. The van der Waals surface area contributed by atoms with Crippen LogP contribution in [-0.4, -0.2) is 26.9 Å². The Bertz CT molecular complexity index is 1440. The van der Waals surface area contributed by atoms with Gasteiger partial charge in [0.15, 0.2) is 0 Å². The summed E-state index contributed by atoms with van der Waals surface area (Å²) in [6.07, 6.45) is 0. The van der Waals surface area contributed by atoms with Crippen LogP contribution in [0.4, 0.5) is 0 Å². The fourth-order valence-electron chi connectivity index (χ4n) is 3.51. The van der Waals surface area contributed by atoms with E-state index in [-0.39, 0.29) is 16.9 Å². The molecule has 7 nitrogen and oxygen atoms in total. The van der Waals surface area contributed by atoms with E-state index >= 15 is 0 Å². The molecular formula is C19H14N4O3S. The number of aromatic nitrogens is 4. The number of hydrogen-bond donors (Lipinski definition) is 2. The second kappa shape index (κ2) is 5.82. The molecule has 0 atom stereocenters. The summed E-state index contributed by atoms with van der Waals surface area (Å²) in [5, 5.41) is 10.1. The number of rotatable bonds is 3. The lowest BCUT2D eigenvalue weighted by molar-refractivity contribution is 0.415. The third-order valence-corrected chi connectivity index (χ3v) is 4.88. The van der Waals surface area contributed by atoms with Gasteiger partial charge in [-0.25, -0.2) is 5.10 Å². The van der Waals surface area contributed by atoms with Gasteiger partial charge >= 0.3 is 0 Å². The Hall–Kier alpha value is -3.39. The number of pyridine rings is 1. The van der Waals surface area contributed by atoms with Gasteiger partial charge in [0.1, 0.15) is 17.9 Å². The summed E-state index contributed by atoms with van der Waals surface area (Å²) in [5.74, 6) is 1.10. The molecule has 0 fully saturated rings. The Labute approximate surface area is 157 Å². The SMILES string of the molecule is COc1ccc2[nH]c3c(c2c1)c1ccccc1c(=O)n3Cc1n[nH]c(=S)o1. The molecule has 3 aromatic heterocycles. The van der Waals surface area contributed by atoms with Gasteiger partial charge in [-0.15, -0.1) is 5.10 Å². The van der Waals surface area contributed by atoms with E-state index < -0.39 is 0 Å². The zero-order valence-corrected chi connectivity index (χ0v) is 15.1. The van der Waals surface area contributed by atoms with Crippen LogP contribution in [0.1, 0.15) is 5.89 Å². The Balaban J connectivity index is 1.94. The van der Waals surface area contributed by atoms with Crippen LogP contribution in [-0.2, 0) is 6.54 Å². The molecule has 2 N–H and O–H groups in total. The predicted octanol–water partition coefficient (Wildman–Crippen LogP) is 3.74. The largest absolute Gasteiger partial charge is 0.497 e. The van der Waals surface area contributed by atoms with Gasteiger partial charge in [-0.3, -0.25) is 9.36 Å². The highest BCUT2D eigenvalue weighted by Crippen LogP contribution is 2.33. The van der Waals surface area contributed by atoms with Crippen molar-refractivity contribution in [2.24, 2.45) is 0 Å². The number of benzene rings is 2. The number of nitrogens with one attached hydrogen (secondary N) is 2. The third kappa shape index (κ3) is 2.37. The molecule has 5 aromatic rings. The van der Waals surface area contributed by atoms with Crippen molar-refractivity contribution in [3.8, 4) is 5.75 Å². The minimum absolute atomic E-state index is 0.124. The molecule has 8 heteroatoms. The van der Waals surface area contributed by atoms with Crippen molar-refractivity contribution in [1.82, 2.24) is 19.7 Å². The normalized spacial score (nSPS) is 11.6. The first-order valence-corrected chi connectivity index (χ1v) is 8.72. The average Bonchev–Trinajstić information content (AvgIpc) is 3.27. The molecule has 3 heterocycles. The van der Waals surface area contributed by atoms with Crippen LogP contribution in [0, 0.1) is 4.84 Å². The highest BCUT2D eigenvalue weighted by atomic mass is 32.1. The molecule has 0 bridgehead atoms. The highest BCUT2D eigenvalue weighted by molar-refractivity contribution is 7.71. The number of methoxy groups -OCH3 is 1. The summed E-state index contributed by atoms with van der Waals surface area (Å²) in [6, 6.07) is 13.4. The van der Waals surface area contributed by atoms with Gasteiger partial charge in [-0.1, -0.05) is 18.2 Å². The van der Waals surface area contributed by atoms with Crippen LogP contribution in [0.15, 0.2) is 51.7 Å².